The Balaban J connectivity index is 1.50. The molecule has 1 amide bonds. The number of hydrogen-bond donors (Lipinski definition) is 1. The Morgan fingerprint density at radius 1 is 0.809 bits per heavy atom. The number of aryl methyl sites for hydroxylation is 1. The number of carbonyl (C=O) groups excluding carboxylic acids is 1. The fraction of sp³-hybridized carbons (Fsp3) is 0.195. The molecule has 6 aromatic rings. The van der Waals surface area contributed by atoms with Gasteiger partial charge in [-0.1, -0.05) is 103 Å². The van der Waals surface area contributed by atoms with Crippen molar-refractivity contribution in [3.63, 3.8) is 0 Å². The van der Waals surface area contributed by atoms with Crippen molar-refractivity contribution < 1.29 is 4.79 Å². The van der Waals surface area contributed by atoms with Gasteiger partial charge in [0, 0.05) is 11.3 Å². The van der Waals surface area contributed by atoms with Gasteiger partial charge in [-0.2, -0.15) is 10.4 Å². The number of hydrogen-bond acceptors (Lipinski definition) is 4. The molecular weight excluding hydrogens is 578 g/mol. The zero-order chi connectivity index (χ0) is 32.4. The lowest BCUT2D eigenvalue weighted by Crippen LogP contribution is -2.39. The number of piperidine rings is 1. The molecule has 2 heterocycles. The Hall–Kier alpha value is -5.51. The van der Waals surface area contributed by atoms with Gasteiger partial charge in [-0.05, 0) is 97.5 Å². The molecule has 1 fully saturated rings. The molecule has 47 heavy (non-hydrogen) atoms. The number of nitrogens with zero attached hydrogens (tertiary/aromatic N) is 4. The van der Waals surface area contributed by atoms with E-state index in [4.69, 9.17) is 5.10 Å². The fourth-order valence-electron chi connectivity index (χ4n) is 7.09. The fourth-order valence-corrected chi connectivity index (χ4v) is 7.09. The molecule has 1 aliphatic heterocycles. The Bertz CT molecular complexity index is 1980. The van der Waals surface area contributed by atoms with Crippen LogP contribution in [0, 0.1) is 24.2 Å². The summed E-state index contributed by atoms with van der Waals surface area (Å²) in [7, 11) is 2.10. The summed E-state index contributed by atoms with van der Waals surface area (Å²) in [4.78, 5) is 16.1. The molecule has 7 rings (SSSR count). The van der Waals surface area contributed by atoms with Gasteiger partial charge in [0.1, 0.15) is 5.54 Å². The minimum Gasteiger partial charge on any atom is -0.308 e. The van der Waals surface area contributed by atoms with Crippen LogP contribution in [0.25, 0.3) is 22.0 Å². The number of amides is 1. The number of carbonyl (C=O) groups is 1. The Morgan fingerprint density at radius 3 is 1.91 bits per heavy atom. The molecule has 6 heteroatoms. The number of likely N-dealkylation sites (tertiary alicyclic amines) is 1. The molecule has 1 N–H and O–H groups in total. The first-order chi connectivity index (χ1) is 23.0. The molecule has 0 aliphatic carbocycles. The van der Waals surface area contributed by atoms with E-state index in [0.717, 1.165) is 70.2 Å². The molecule has 6 nitrogen and oxygen atoms in total. The predicted octanol–water partition coefficient (Wildman–Crippen LogP) is 8.00. The molecule has 0 radical (unpaired) electrons. The molecule has 0 atom stereocenters. The zero-order valence-corrected chi connectivity index (χ0v) is 26.7. The number of nitriles is 1. The maximum Gasteiger partial charge on any atom is 0.228 e. The van der Waals surface area contributed by atoms with E-state index in [9.17, 15) is 10.1 Å². The molecule has 232 valence electrons. The van der Waals surface area contributed by atoms with Crippen LogP contribution >= 0.6 is 0 Å². The lowest BCUT2D eigenvalue weighted by atomic mass is 9.77. The van der Waals surface area contributed by atoms with Crippen LogP contribution in [0.4, 0.5) is 5.82 Å². The van der Waals surface area contributed by atoms with Gasteiger partial charge in [-0.3, -0.25) is 4.79 Å². The topological polar surface area (TPSA) is 74.0 Å². The van der Waals surface area contributed by atoms with Crippen molar-refractivity contribution in [2.45, 2.75) is 25.3 Å². The highest BCUT2D eigenvalue weighted by Gasteiger charge is 2.41. The summed E-state index contributed by atoms with van der Waals surface area (Å²) in [5.74, 6) is 0.482. The van der Waals surface area contributed by atoms with Crippen LogP contribution in [0.5, 0.6) is 0 Å². The third-order valence-electron chi connectivity index (χ3n) is 9.57. The molecule has 0 spiro atoms. The van der Waals surface area contributed by atoms with E-state index in [1.807, 2.05) is 43.3 Å². The van der Waals surface area contributed by atoms with Crippen molar-refractivity contribution in [3.05, 3.63) is 155 Å². The zero-order valence-electron chi connectivity index (χ0n) is 26.7. The number of rotatable bonds is 7. The molecule has 0 bridgehead atoms. The number of fused-ring (bicyclic) bond motifs is 1. The monoisotopic (exact) mass is 615 g/mol. The first-order valence-corrected chi connectivity index (χ1v) is 16.2. The van der Waals surface area contributed by atoms with Crippen LogP contribution in [0.3, 0.4) is 0 Å². The molecule has 0 unspecified atom stereocenters. The second kappa shape index (κ2) is 12.7. The van der Waals surface area contributed by atoms with Crippen molar-refractivity contribution in [3.8, 4) is 17.2 Å². The van der Waals surface area contributed by atoms with Crippen LogP contribution < -0.4 is 5.32 Å². The van der Waals surface area contributed by atoms with E-state index in [0.29, 0.717) is 11.4 Å². The van der Waals surface area contributed by atoms with Crippen LogP contribution in [0.2, 0.25) is 0 Å². The Kier molecular flexibility index (Phi) is 8.15. The second-order valence-corrected chi connectivity index (χ2v) is 12.5. The standard InChI is InChI=1S/C41H37N5O/c1-29-26-30(28-42)18-20-36(29)32-19-21-38-37(27-32)39(43-40(47)31-22-24-45(2)25-23-31)44-46(38)41(33-12-6-3-7-13-33,34-14-8-4-9-15-34)35-16-10-5-11-17-35/h3-21,26-27,31H,22-25H2,1-2H3,(H,43,44,47). The molecule has 1 saturated heterocycles. The number of nitrogens with one attached hydrogen (secondary N) is 1. The molecule has 1 aromatic heterocycles. The molecule has 1 aliphatic rings. The molecule has 5 aromatic carbocycles. The van der Waals surface area contributed by atoms with Crippen LogP contribution in [-0.4, -0.2) is 40.7 Å². The van der Waals surface area contributed by atoms with Crippen molar-refractivity contribution >= 4 is 22.6 Å². The van der Waals surface area contributed by atoms with E-state index < -0.39 is 5.54 Å². The maximum absolute atomic E-state index is 13.9. The summed E-state index contributed by atoms with van der Waals surface area (Å²) < 4.78 is 2.10. The van der Waals surface area contributed by atoms with Crippen molar-refractivity contribution in [1.29, 1.82) is 5.26 Å². The minimum absolute atomic E-state index is 0.00865. The largest absolute Gasteiger partial charge is 0.308 e. The SMILES string of the molecule is Cc1cc(C#N)ccc1-c1ccc2c(c1)c(NC(=O)C1CCN(C)CC1)nn2C(c1ccccc1)(c1ccccc1)c1ccccc1. The first kappa shape index (κ1) is 30.2. The van der Waals surface area contributed by atoms with Gasteiger partial charge in [0.05, 0.1) is 17.1 Å². The Morgan fingerprint density at radius 2 is 1.38 bits per heavy atom. The summed E-state index contributed by atoms with van der Waals surface area (Å²) in [6, 6.07) is 45.8. The van der Waals surface area contributed by atoms with E-state index in [1.165, 1.54) is 0 Å². The first-order valence-electron chi connectivity index (χ1n) is 16.2. The second-order valence-electron chi connectivity index (χ2n) is 12.5. The lowest BCUT2D eigenvalue weighted by Gasteiger charge is -2.37. The van der Waals surface area contributed by atoms with Crippen LogP contribution in [-0.2, 0) is 10.3 Å². The highest BCUT2D eigenvalue weighted by molar-refractivity contribution is 6.02. The third-order valence-corrected chi connectivity index (χ3v) is 9.57. The maximum atomic E-state index is 13.9. The van der Waals surface area contributed by atoms with Gasteiger partial charge in [-0.25, -0.2) is 4.68 Å². The third kappa shape index (κ3) is 5.49. The van der Waals surface area contributed by atoms with Crippen LogP contribution in [0.1, 0.15) is 40.7 Å². The van der Waals surface area contributed by atoms with Crippen molar-refractivity contribution in [2.75, 3.05) is 25.5 Å². The highest BCUT2D eigenvalue weighted by atomic mass is 16.2. The van der Waals surface area contributed by atoms with Gasteiger partial charge < -0.3 is 10.2 Å². The number of aromatic nitrogens is 2. The quantitative estimate of drug-likeness (QED) is 0.185. The average Bonchev–Trinajstić information content (AvgIpc) is 3.47. The summed E-state index contributed by atoms with van der Waals surface area (Å²) in [5.41, 5.74) is 6.90. The van der Waals surface area contributed by atoms with Gasteiger partial charge in [0.15, 0.2) is 5.82 Å². The molecular formula is C41H37N5O. The average molecular weight is 616 g/mol. The smallest absolute Gasteiger partial charge is 0.228 e. The number of anilines is 1. The van der Waals surface area contributed by atoms with Crippen molar-refractivity contribution in [2.24, 2.45) is 5.92 Å². The molecule has 0 saturated carbocycles. The normalized spacial score (nSPS) is 14.1. The lowest BCUT2D eigenvalue weighted by molar-refractivity contribution is -0.121. The van der Waals surface area contributed by atoms with Gasteiger partial charge in [-0.15, -0.1) is 0 Å². The van der Waals surface area contributed by atoms with Gasteiger partial charge >= 0.3 is 0 Å². The number of benzene rings is 5. The summed E-state index contributed by atoms with van der Waals surface area (Å²) in [6.45, 7) is 3.82. The van der Waals surface area contributed by atoms with E-state index in [-0.39, 0.29) is 11.8 Å². The summed E-state index contributed by atoms with van der Waals surface area (Å²) >= 11 is 0. The summed E-state index contributed by atoms with van der Waals surface area (Å²) in [5, 5.41) is 19.0. The van der Waals surface area contributed by atoms with Crippen molar-refractivity contribution in [1.82, 2.24) is 14.7 Å². The summed E-state index contributed by atoms with van der Waals surface area (Å²) in [6.07, 6.45) is 1.64. The van der Waals surface area contributed by atoms with E-state index in [2.05, 4.69) is 119 Å². The minimum atomic E-state index is -0.843. The van der Waals surface area contributed by atoms with Crippen LogP contribution in [0.15, 0.2) is 127 Å². The highest BCUT2D eigenvalue weighted by Crippen LogP contribution is 2.44. The van der Waals surface area contributed by atoms with Gasteiger partial charge in [0.25, 0.3) is 0 Å². The predicted molar refractivity (Wildman–Crippen MR) is 188 cm³/mol. The van der Waals surface area contributed by atoms with E-state index >= 15 is 0 Å². The van der Waals surface area contributed by atoms with E-state index in [1.54, 1.807) is 0 Å². The Labute approximate surface area is 275 Å². The van der Waals surface area contributed by atoms with Gasteiger partial charge in [0.2, 0.25) is 5.91 Å².